The molecule has 4 aromatic carbocycles. The molecule has 45 heavy (non-hydrogen) atoms. The SMILES string of the molecule is O=C(OC1=CC2C(=Cc3cc(OC(=O)c4ccc5cc(OCC6CC6)ccc5c4)ccc32)C=C1)c1ccc(OCC2CO2)cc1. The van der Waals surface area contributed by atoms with Crippen molar-refractivity contribution < 1.29 is 33.3 Å². The lowest BCUT2D eigenvalue weighted by Crippen LogP contribution is -2.09. The van der Waals surface area contributed by atoms with Gasteiger partial charge in [0.15, 0.2) is 0 Å². The summed E-state index contributed by atoms with van der Waals surface area (Å²) in [5.41, 5.74) is 4.00. The zero-order valence-electron chi connectivity index (χ0n) is 24.4. The first-order valence-corrected chi connectivity index (χ1v) is 15.2. The molecule has 1 saturated carbocycles. The Morgan fingerprint density at radius 2 is 1.42 bits per heavy atom. The molecule has 2 unspecified atom stereocenters. The van der Waals surface area contributed by atoms with Crippen LogP contribution in [0.5, 0.6) is 17.2 Å². The van der Waals surface area contributed by atoms with E-state index in [4.69, 9.17) is 23.7 Å². The second-order valence-corrected chi connectivity index (χ2v) is 11.9. The van der Waals surface area contributed by atoms with Crippen LogP contribution in [0.4, 0.5) is 0 Å². The molecular formula is C38H30O7. The molecule has 2 atom stereocenters. The number of epoxide rings is 1. The Kier molecular flexibility index (Phi) is 6.95. The number of esters is 2. The van der Waals surface area contributed by atoms with E-state index in [0.717, 1.165) is 46.4 Å². The molecule has 8 rings (SSSR count). The summed E-state index contributed by atoms with van der Waals surface area (Å²) in [5.74, 6) is 2.26. The van der Waals surface area contributed by atoms with Crippen molar-refractivity contribution in [3.8, 4) is 17.2 Å². The molecule has 7 nitrogen and oxygen atoms in total. The average Bonchev–Trinajstić information content (AvgIpc) is 4.00. The highest BCUT2D eigenvalue weighted by Gasteiger charge is 2.27. The quantitative estimate of drug-likeness (QED) is 0.107. The van der Waals surface area contributed by atoms with E-state index in [1.165, 1.54) is 12.8 Å². The van der Waals surface area contributed by atoms with Crippen LogP contribution in [-0.2, 0) is 9.47 Å². The highest BCUT2D eigenvalue weighted by atomic mass is 16.6. The second-order valence-electron chi connectivity index (χ2n) is 11.9. The third-order valence-electron chi connectivity index (χ3n) is 8.42. The van der Waals surface area contributed by atoms with Crippen LogP contribution in [-0.4, -0.2) is 37.9 Å². The van der Waals surface area contributed by atoms with Gasteiger partial charge in [-0.3, -0.25) is 0 Å². The molecule has 224 valence electrons. The van der Waals surface area contributed by atoms with Gasteiger partial charge in [0.05, 0.1) is 24.3 Å². The summed E-state index contributed by atoms with van der Waals surface area (Å²) in [4.78, 5) is 25.9. The molecule has 1 saturated heterocycles. The Labute approximate surface area is 260 Å². The van der Waals surface area contributed by atoms with Crippen LogP contribution >= 0.6 is 0 Å². The first-order valence-electron chi connectivity index (χ1n) is 15.2. The molecule has 0 aromatic heterocycles. The van der Waals surface area contributed by atoms with Crippen molar-refractivity contribution in [2.24, 2.45) is 5.92 Å². The molecule has 0 bridgehead atoms. The Balaban J connectivity index is 0.912. The van der Waals surface area contributed by atoms with E-state index in [9.17, 15) is 9.59 Å². The molecule has 0 radical (unpaired) electrons. The maximum absolute atomic E-state index is 13.1. The van der Waals surface area contributed by atoms with E-state index in [2.05, 4.69) is 6.08 Å². The van der Waals surface area contributed by atoms with Gasteiger partial charge in [-0.05, 0) is 119 Å². The van der Waals surface area contributed by atoms with E-state index in [-0.39, 0.29) is 12.0 Å². The highest BCUT2D eigenvalue weighted by molar-refractivity contribution is 5.97. The number of carbonyl (C=O) groups is 2. The van der Waals surface area contributed by atoms with Gasteiger partial charge in [-0.1, -0.05) is 30.4 Å². The van der Waals surface area contributed by atoms with Crippen LogP contribution in [0.3, 0.4) is 0 Å². The number of ether oxygens (including phenoxy) is 5. The van der Waals surface area contributed by atoms with E-state index in [0.29, 0.717) is 40.9 Å². The van der Waals surface area contributed by atoms with Crippen molar-refractivity contribution in [1.29, 1.82) is 0 Å². The van der Waals surface area contributed by atoms with Crippen molar-refractivity contribution in [3.05, 3.63) is 131 Å². The largest absolute Gasteiger partial charge is 0.493 e. The van der Waals surface area contributed by atoms with E-state index in [1.807, 2.05) is 54.6 Å². The van der Waals surface area contributed by atoms with Crippen LogP contribution in [0, 0.1) is 5.92 Å². The number of allylic oxidation sites excluding steroid dienone is 4. The summed E-state index contributed by atoms with van der Waals surface area (Å²) in [6.07, 6.45) is 10.4. The molecule has 4 aliphatic rings. The van der Waals surface area contributed by atoms with Crippen molar-refractivity contribution in [1.82, 2.24) is 0 Å². The minimum Gasteiger partial charge on any atom is -0.493 e. The lowest BCUT2D eigenvalue weighted by molar-refractivity contribution is 0.0634. The van der Waals surface area contributed by atoms with E-state index >= 15 is 0 Å². The number of hydrogen-bond donors (Lipinski definition) is 0. The first-order chi connectivity index (χ1) is 22.0. The van der Waals surface area contributed by atoms with Gasteiger partial charge in [0.2, 0.25) is 0 Å². The fourth-order valence-electron chi connectivity index (χ4n) is 5.59. The number of benzene rings is 4. The minimum atomic E-state index is -0.438. The van der Waals surface area contributed by atoms with Gasteiger partial charge >= 0.3 is 11.9 Å². The molecule has 1 aliphatic heterocycles. The van der Waals surface area contributed by atoms with Gasteiger partial charge in [-0.25, -0.2) is 9.59 Å². The van der Waals surface area contributed by atoms with Gasteiger partial charge in [0.25, 0.3) is 0 Å². The maximum Gasteiger partial charge on any atom is 0.343 e. The summed E-state index contributed by atoms with van der Waals surface area (Å²) in [5, 5.41) is 1.96. The van der Waals surface area contributed by atoms with Crippen molar-refractivity contribution >= 4 is 28.8 Å². The van der Waals surface area contributed by atoms with Crippen LogP contribution in [0.15, 0.2) is 108 Å². The monoisotopic (exact) mass is 598 g/mol. The predicted octanol–water partition coefficient (Wildman–Crippen LogP) is 7.42. The van der Waals surface area contributed by atoms with Gasteiger partial charge < -0.3 is 23.7 Å². The van der Waals surface area contributed by atoms with Gasteiger partial charge in [0, 0.05) is 5.92 Å². The molecule has 0 amide bonds. The van der Waals surface area contributed by atoms with Crippen LogP contribution in [0.1, 0.15) is 50.6 Å². The van der Waals surface area contributed by atoms with Crippen molar-refractivity contribution in [3.63, 3.8) is 0 Å². The summed E-state index contributed by atoms with van der Waals surface area (Å²) >= 11 is 0. The fraction of sp³-hybridized carbons (Fsp3) is 0.211. The highest BCUT2D eigenvalue weighted by Crippen LogP contribution is 2.42. The molecule has 0 N–H and O–H groups in total. The molecule has 3 aliphatic carbocycles. The number of rotatable bonds is 10. The summed E-state index contributed by atoms with van der Waals surface area (Å²) in [6.45, 7) is 2.00. The molecule has 2 fully saturated rings. The van der Waals surface area contributed by atoms with Crippen molar-refractivity contribution in [2.75, 3.05) is 19.8 Å². The summed E-state index contributed by atoms with van der Waals surface area (Å²) in [7, 11) is 0. The predicted molar refractivity (Wildman–Crippen MR) is 169 cm³/mol. The first kappa shape index (κ1) is 27.4. The van der Waals surface area contributed by atoms with Gasteiger partial charge in [-0.2, -0.15) is 0 Å². The maximum atomic E-state index is 13.1. The third kappa shape index (κ3) is 6.12. The van der Waals surface area contributed by atoms with E-state index < -0.39 is 11.9 Å². The van der Waals surface area contributed by atoms with Crippen LogP contribution in [0.2, 0.25) is 0 Å². The molecule has 1 heterocycles. The molecule has 0 spiro atoms. The number of carbonyl (C=O) groups excluding carboxylic acids is 2. The van der Waals surface area contributed by atoms with Gasteiger partial charge in [-0.15, -0.1) is 0 Å². The minimum absolute atomic E-state index is 0.0587. The Bertz CT molecular complexity index is 1910. The Morgan fingerprint density at radius 3 is 2.24 bits per heavy atom. The van der Waals surface area contributed by atoms with Crippen molar-refractivity contribution in [2.45, 2.75) is 24.9 Å². The average molecular weight is 599 g/mol. The summed E-state index contributed by atoms with van der Waals surface area (Å²) in [6, 6.07) is 24.0. The van der Waals surface area contributed by atoms with E-state index in [1.54, 1.807) is 42.5 Å². The molecule has 7 heteroatoms. The topological polar surface area (TPSA) is 83.6 Å². The zero-order valence-corrected chi connectivity index (χ0v) is 24.4. The van der Waals surface area contributed by atoms with Crippen LogP contribution < -0.4 is 14.2 Å². The Morgan fingerprint density at radius 1 is 0.711 bits per heavy atom. The Hall–Kier alpha value is -5.14. The fourth-order valence-corrected chi connectivity index (χ4v) is 5.59. The standard InChI is InChI=1S/C38H30O7/c39-37(24-5-9-30(10-6-24)42-21-34-22-43-34)45-33-12-8-27-16-29-18-32(13-14-35(29)36(27)19-33)44-38(40)28-4-3-26-17-31(11-7-25(26)15-28)41-20-23-1-2-23/h3-19,23,34,36H,1-2,20-22H2. The smallest absolute Gasteiger partial charge is 0.343 e. The zero-order chi connectivity index (χ0) is 30.3. The van der Waals surface area contributed by atoms with Gasteiger partial charge in [0.1, 0.15) is 35.7 Å². The molecular weight excluding hydrogens is 568 g/mol. The summed E-state index contributed by atoms with van der Waals surface area (Å²) < 4.78 is 28.2. The molecule has 4 aromatic rings. The lowest BCUT2D eigenvalue weighted by atomic mass is 9.92. The third-order valence-corrected chi connectivity index (χ3v) is 8.42. The number of hydrogen-bond acceptors (Lipinski definition) is 7. The second kappa shape index (κ2) is 11.4. The lowest BCUT2D eigenvalue weighted by Gasteiger charge is -2.17. The van der Waals surface area contributed by atoms with Crippen LogP contribution in [0.25, 0.3) is 16.8 Å². The normalized spacial score (nSPS) is 19.2. The number of fused-ring (bicyclic) bond motifs is 4.